The predicted molar refractivity (Wildman–Crippen MR) is 68.9 cm³/mol. The zero-order valence-corrected chi connectivity index (χ0v) is 11.5. The molecule has 1 heterocycles. The fourth-order valence-electron chi connectivity index (χ4n) is 2.20. The molecule has 1 aliphatic heterocycles. The molecule has 100 valence electrons. The van der Waals surface area contributed by atoms with Gasteiger partial charge >= 0.3 is 0 Å². The van der Waals surface area contributed by atoms with Crippen molar-refractivity contribution in [1.82, 2.24) is 10.6 Å². The number of hydrogen-bond acceptors (Lipinski definition) is 3. The summed E-state index contributed by atoms with van der Waals surface area (Å²) in [5.74, 6) is 0.625. The molecule has 0 bridgehead atoms. The molecule has 0 aromatic carbocycles. The summed E-state index contributed by atoms with van der Waals surface area (Å²) >= 11 is 0. The summed E-state index contributed by atoms with van der Waals surface area (Å²) < 4.78 is 5.72. The van der Waals surface area contributed by atoms with E-state index in [9.17, 15) is 4.79 Å². The normalized spacial score (nSPS) is 26.9. The van der Waals surface area contributed by atoms with Crippen LogP contribution < -0.4 is 10.6 Å². The summed E-state index contributed by atoms with van der Waals surface area (Å²) in [6, 6.07) is 0.277. The van der Waals surface area contributed by atoms with Gasteiger partial charge in [0.25, 0.3) is 0 Å². The lowest BCUT2D eigenvalue weighted by molar-refractivity contribution is -0.123. The van der Waals surface area contributed by atoms with Gasteiger partial charge in [0.1, 0.15) is 0 Å². The Labute approximate surface area is 104 Å². The Balaban J connectivity index is 2.37. The molecule has 0 spiro atoms. The topological polar surface area (TPSA) is 50.4 Å². The number of carbonyl (C=O) groups excluding carboxylic acids is 1. The first-order chi connectivity index (χ1) is 8.04. The number of likely N-dealkylation sites (N-methyl/N-ethyl adjacent to an activating group) is 1. The minimum absolute atomic E-state index is 0.0834. The van der Waals surface area contributed by atoms with Crippen molar-refractivity contribution in [3.63, 3.8) is 0 Å². The molecule has 0 aromatic rings. The molecule has 1 rings (SSSR count). The Morgan fingerprint density at radius 1 is 1.41 bits per heavy atom. The quantitative estimate of drug-likeness (QED) is 0.764. The third-order valence-electron chi connectivity index (χ3n) is 3.29. The Morgan fingerprint density at radius 2 is 2.12 bits per heavy atom. The highest BCUT2D eigenvalue weighted by Gasteiger charge is 2.26. The molecule has 3 unspecified atom stereocenters. The van der Waals surface area contributed by atoms with Gasteiger partial charge in [0.2, 0.25) is 5.91 Å². The standard InChI is InChI=1S/C13H26N2O2/c1-5-14-13(16)10(4)15-11-6-7-17-12(8-11)9(2)3/h9-12,15H,5-8H2,1-4H3,(H,14,16). The van der Waals surface area contributed by atoms with Crippen molar-refractivity contribution in [3.8, 4) is 0 Å². The van der Waals surface area contributed by atoms with Crippen molar-refractivity contribution in [2.24, 2.45) is 5.92 Å². The van der Waals surface area contributed by atoms with Crippen molar-refractivity contribution in [3.05, 3.63) is 0 Å². The van der Waals surface area contributed by atoms with E-state index in [2.05, 4.69) is 24.5 Å². The molecule has 0 radical (unpaired) electrons. The number of amides is 1. The number of nitrogens with one attached hydrogen (secondary N) is 2. The molecule has 17 heavy (non-hydrogen) atoms. The van der Waals surface area contributed by atoms with E-state index in [0.29, 0.717) is 24.6 Å². The van der Waals surface area contributed by atoms with E-state index in [1.807, 2.05) is 13.8 Å². The molecule has 4 nitrogen and oxygen atoms in total. The maximum atomic E-state index is 11.6. The van der Waals surface area contributed by atoms with Crippen molar-refractivity contribution in [2.75, 3.05) is 13.2 Å². The Morgan fingerprint density at radius 3 is 2.71 bits per heavy atom. The molecular weight excluding hydrogens is 216 g/mol. The summed E-state index contributed by atoms with van der Waals surface area (Å²) in [6.45, 7) is 9.70. The first kappa shape index (κ1) is 14.5. The maximum Gasteiger partial charge on any atom is 0.236 e. The molecule has 0 saturated carbocycles. The number of carbonyl (C=O) groups is 1. The lowest BCUT2D eigenvalue weighted by atomic mass is 9.95. The smallest absolute Gasteiger partial charge is 0.236 e. The van der Waals surface area contributed by atoms with E-state index in [4.69, 9.17) is 4.74 Å². The molecule has 3 atom stereocenters. The van der Waals surface area contributed by atoms with Crippen LogP contribution in [0, 0.1) is 5.92 Å². The first-order valence-electron chi connectivity index (χ1n) is 6.70. The minimum Gasteiger partial charge on any atom is -0.378 e. The summed E-state index contributed by atoms with van der Waals surface area (Å²) in [5.41, 5.74) is 0. The van der Waals surface area contributed by atoms with Crippen LogP contribution in [0.15, 0.2) is 0 Å². The zero-order chi connectivity index (χ0) is 12.8. The molecule has 1 saturated heterocycles. The molecule has 0 aliphatic carbocycles. The van der Waals surface area contributed by atoms with Crippen LogP contribution in [0.4, 0.5) is 0 Å². The van der Waals surface area contributed by atoms with Gasteiger partial charge in [-0.3, -0.25) is 4.79 Å². The third kappa shape index (κ3) is 4.64. The van der Waals surface area contributed by atoms with Crippen LogP contribution >= 0.6 is 0 Å². The maximum absolute atomic E-state index is 11.6. The molecular formula is C13H26N2O2. The predicted octanol–water partition coefficient (Wildman–Crippen LogP) is 1.30. The van der Waals surface area contributed by atoms with E-state index < -0.39 is 0 Å². The highest BCUT2D eigenvalue weighted by atomic mass is 16.5. The fourth-order valence-corrected chi connectivity index (χ4v) is 2.20. The SMILES string of the molecule is CCNC(=O)C(C)NC1CCOC(C(C)C)C1. The monoisotopic (exact) mass is 242 g/mol. The highest BCUT2D eigenvalue weighted by molar-refractivity contribution is 5.81. The third-order valence-corrected chi connectivity index (χ3v) is 3.29. The average molecular weight is 242 g/mol. The van der Waals surface area contributed by atoms with Crippen molar-refractivity contribution >= 4 is 5.91 Å². The second kappa shape index (κ2) is 6.97. The van der Waals surface area contributed by atoms with E-state index in [1.54, 1.807) is 0 Å². The van der Waals surface area contributed by atoms with Crippen LogP contribution in [-0.4, -0.2) is 37.2 Å². The number of ether oxygens (including phenoxy) is 1. The summed E-state index contributed by atoms with van der Waals surface area (Å²) in [7, 11) is 0. The van der Waals surface area contributed by atoms with Gasteiger partial charge in [0, 0.05) is 19.2 Å². The van der Waals surface area contributed by atoms with Gasteiger partial charge in [0.15, 0.2) is 0 Å². The van der Waals surface area contributed by atoms with Crippen LogP contribution in [0.3, 0.4) is 0 Å². The van der Waals surface area contributed by atoms with Gasteiger partial charge in [-0.2, -0.15) is 0 Å². The zero-order valence-electron chi connectivity index (χ0n) is 11.5. The molecule has 1 fully saturated rings. The van der Waals surface area contributed by atoms with Crippen molar-refractivity contribution in [2.45, 2.75) is 58.7 Å². The summed E-state index contributed by atoms with van der Waals surface area (Å²) in [6.07, 6.45) is 2.32. The summed E-state index contributed by atoms with van der Waals surface area (Å²) in [5, 5.41) is 6.23. The van der Waals surface area contributed by atoms with Crippen molar-refractivity contribution in [1.29, 1.82) is 0 Å². The summed E-state index contributed by atoms with van der Waals surface area (Å²) in [4.78, 5) is 11.6. The van der Waals surface area contributed by atoms with Crippen LogP contribution in [0.5, 0.6) is 0 Å². The van der Waals surface area contributed by atoms with Crippen LogP contribution in [0.25, 0.3) is 0 Å². The van der Waals surface area contributed by atoms with Crippen LogP contribution in [0.1, 0.15) is 40.5 Å². The number of hydrogen-bond donors (Lipinski definition) is 2. The highest BCUT2D eigenvalue weighted by Crippen LogP contribution is 2.20. The molecule has 2 N–H and O–H groups in total. The van der Waals surface area contributed by atoms with Crippen LogP contribution in [0.2, 0.25) is 0 Å². The molecule has 1 amide bonds. The van der Waals surface area contributed by atoms with E-state index in [1.165, 1.54) is 0 Å². The van der Waals surface area contributed by atoms with Gasteiger partial charge in [-0.1, -0.05) is 13.8 Å². The van der Waals surface area contributed by atoms with Gasteiger partial charge in [-0.05, 0) is 32.6 Å². The number of rotatable bonds is 5. The Kier molecular flexibility index (Phi) is 5.92. The van der Waals surface area contributed by atoms with E-state index in [-0.39, 0.29) is 11.9 Å². The second-order valence-corrected chi connectivity index (χ2v) is 5.16. The van der Waals surface area contributed by atoms with Gasteiger partial charge in [-0.15, -0.1) is 0 Å². The lowest BCUT2D eigenvalue weighted by Gasteiger charge is -2.33. The lowest BCUT2D eigenvalue weighted by Crippen LogP contribution is -2.50. The largest absolute Gasteiger partial charge is 0.378 e. The second-order valence-electron chi connectivity index (χ2n) is 5.16. The van der Waals surface area contributed by atoms with Crippen LogP contribution in [-0.2, 0) is 9.53 Å². The minimum atomic E-state index is -0.120. The first-order valence-corrected chi connectivity index (χ1v) is 6.70. The molecule has 0 aromatic heterocycles. The molecule has 4 heteroatoms. The van der Waals surface area contributed by atoms with Gasteiger partial charge in [-0.25, -0.2) is 0 Å². The van der Waals surface area contributed by atoms with Gasteiger partial charge in [0.05, 0.1) is 12.1 Å². The average Bonchev–Trinajstić information content (AvgIpc) is 2.29. The van der Waals surface area contributed by atoms with E-state index >= 15 is 0 Å². The Bertz CT molecular complexity index is 244. The Hall–Kier alpha value is -0.610. The van der Waals surface area contributed by atoms with Crippen molar-refractivity contribution < 1.29 is 9.53 Å². The van der Waals surface area contributed by atoms with E-state index in [0.717, 1.165) is 19.4 Å². The fraction of sp³-hybridized carbons (Fsp3) is 0.923. The van der Waals surface area contributed by atoms with Gasteiger partial charge < -0.3 is 15.4 Å². The molecule has 1 aliphatic rings.